The number of nitrogens with one attached hydrogen (secondary N) is 1. The summed E-state index contributed by atoms with van der Waals surface area (Å²) >= 11 is 7.01. The third-order valence-corrected chi connectivity index (χ3v) is 6.15. The summed E-state index contributed by atoms with van der Waals surface area (Å²) in [6.45, 7) is 0. The van der Waals surface area contributed by atoms with E-state index < -0.39 is 4.92 Å². The Morgan fingerprint density at radius 1 is 1.17 bits per heavy atom. The van der Waals surface area contributed by atoms with Crippen LogP contribution in [0.5, 0.6) is 5.75 Å². The standard InChI is InChI=1S/C24H19ClN6O4S/c1-35-19-10-8-18(9-11-19)30-23(17-5-3-2-4-6-17)28-29-24(30)36-15-22(32)27-26-14-16-7-12-20(25)21(13-16)31(33)34/h2-14H,15H2,1H3,(H,27,32)/b26-14-. The molecule has 0 fully saturated rings. The van der Waals surface area contributed by atoms with Gasteiger partial charge in [0.15, 0.2) is 11.0 Å². The smallest absolute Gasteiger partial charge is 0.288 e. The zero-order chi connectivity index (χ0) is 25.5. The molecule has 4 rings (SSSR count). The van der Waals surface area contributed by atoms with Gasteiger partial charge in [0.2, 0.25) is 0 Å². The maximum atomic E-state index is 12.4. The number of nitro benzene ring substituents is 1. The highest BCUT2D eigenvalue weighted by molar-refractivity contribution is 7.99. The fourth-order valence-corrected chi connectivity index (χ4v) is 4.12. The number of benzene rings is 3. The molecular weight excluding hydrogens is 504 g/mol. The van der Waals surface area contributed by atoms with Crippen LogP contribution in [0.3, 0.4) is 0 Å². The maximum absolute atomic E-state index is 12.4. The van der Waals surface area contributed by atoms with Crippen LogP contribution in [0.1, 0.15) is 5.56 Å². The van der Waals surface area contributed by atoms with Crippen molar-refractivity contribution >= 4 is 41.2 Å². The monoisotopic (exact) mass is 522 g/mol. The van der Waals surface area contributed by atoms with Crippen LogP contribution < -0.4 is 10.2 Å². The Kier molecular flexibility index (Phi) is 7.93. The molecular formula is C24H19ClN6O4S. The quantitative estimate of drug-likeness (QED) is 0.145. The van der Waals surface area contributed by atoms with Crippen molar-refractivity contribution < 1.29 is 14.5 Å². The highest BCUT2D eigenvalue weighted by Gasteiger charge is 2.17. The minimum Gasteiger partial charge on any atom is -0.497 e. The minimum absolute atomic E-state index is 0.0151. The van der Waals surface area contributed by atoms with Crippen molar-refractivity contribution in [1.82, 2.24) is 20.2 Å². The first kappa shape index (κ1) is 24.9. The Balaban J connectivity index is 1.48. The van der Waals surface area contributed by atoms with Gasteiger partial charge in [-0.15, -0.1) is 10.2 Å². The molecule has 0 radical (unpaired) electrons. The average molecular weight is 523 g/mol. The van der Waals surface area contributed by atoms with E-state index in [-0.39, 0.29) is 22.4 Å². The van der Waals surface area contributed by atoms with Crippen molar-refractivity contribution in [2.75, 3.05) is 12.9 Å². The number of hydrogen-bond acceptors (Lipinski definition) is 8. The number of carbonyl (C=O) groups excluding carboxylic acids is 1. The molecule has 1 aromatic heterocycles. The van der Waals surface area contributed by atoms with Crippen molar-refractivity contribution in [3.63, 3.8) is 0 Å². The number of ether oxygens (including phenoxy) is 1. The van der Waals surface area contributed by atoms with Gasteiger partial charge in [0.05, 0.1) is 24.0 Å². The van der Waals surface area contributed by atoms with E-state index in [1.54, 1.807) is 13.2 Å². The second kappa shape index (κ2) is 11.5. The number of amides is 1. The van der Waals surface area contributed by atoms with Crippen molar-refractivity contribution in [3.05, 3.63) is 93.5 Å². The molecule has 0 spiro atoms. The van der Waals surface area contributed by atoms with E-state index in [0.29, 0.717) is 22.3 Å². The van der Waals surface area contributed by atoms with Crippen molar-refractivity contribution in [1.29, 1.82) is 0 Å². The van der Waals surface area contributed by atoms with Crippen LogP contribution >= 0.6 is 23.4 Å². The van der Waals surface area contributed by atoms with Gasteiger partial charge >= 0.3 is 0 Å². The number of aromatic nitrogens is 3. The first-order valence-corrected chi connectivity index (χ1v) is 11.9. The van der Waals surface area contributed by atoms with Gasteiger partial charge < -0.3 is 4.74 Å². The van der Waals surface area contributed by atoms with Crippen molar-refractivity contribution in [3.8, 4) is 22.8 Å². The molecule has 4 aromatic rings. The maximum Gasteiger partial charge on any atom is 0.288 e. The summed E-state index contributed by atoms with van der Waals surface area (Å²) in [5.74, 6) is 0.975. The number of halogens is 1. The van der Waals surface area contributed by atoms with Crippen LogP contribution in [0.15, 0.2) is 83.1 Å². The molecule has 12 heteroatoms. The first-order chi connectivity index (χ1) is 17.5. The van der Waals surface area contributed by atoms with Crippen LogP contribution in [0.25, 0.3) is 17.1 Å². The van der Waals surface area contributed by atoms with Gasteiger partial charge in [-0.05, 0) is 30.3 Å². The Labute approximate surface area is 215 Å². The molecule has 1 amide bonds. The summed E-state index contributed by atoms with van der Waals surface area (Å²) < 4.78 is 7.12. The number of methoxy groups -OCH3 is 1. The molecule has 1 N–H and O–H groups in total. The van der Waals surface area contributed by atoms with Crippen LogP contribution in [0, 0.1) is 10.1 Å². The van der Waals surface area contributed by atoms with Gasteiger partial charge in [0.1, 0.15) is 10.8 Å². The molecule has 0 saturated heterocycles. The summed E-state index contributed by atoms with van der Waals surface area (Å²) in [7, 11) is 1.60. The van der Waals surface area contributed by atoms with Gasteiger partial charge in [0, 0.05) is 22.9 Å². The predicted octanol–water partition coefficient (Wildman–Crippen LogP) is 4.75. The summed E-state index contributed by atoms with van der Waals surface area (Å²) in [4.78, 5) is 22.8. The lowest BCUT2D eigenvalue weighted by Gasteiger charge is -2.11. The number of rotatable bonds is 9. The molecule has 0 aliphatic carbocycles. The van der Waals surface area contributed by atoms with Gasteiger partial charge in [-0.3, -0.25) is 19.5 Å². The van der Waals surface area contributed by atoms with Gasteiger partial charge in [-0.25, -0.2) is 5.43 Å². The topological polar surface area (TPSA) is 125 Å². The minimum atomic E-state index is -0.586. The molecule has 1 heterocycles. The third kappa shape index (κ3) is 5.88. The molecule has 182 valence electrons. The summed E-state index contributed by atoms with van der Waals surface area (Å²) in [6, 6.07) is 21.3. The lowest BCUT2D eigenvalue weighted by molar-refractivity contribution is -0.384. The van der Waals surface area contributed by atoms with E-state index in [1.165, 1.54) is 30.1 Å². The molecule has 0 aliphatic heterocycles. The van der Waals surface area contributed by atoms with Crippen LogP contribution in [0.2, 0.25) is 5.02 Å². The Morgan fingerprint density at radius 2 is 1.92 bits per heavy atom. The van der Waals surface area contributed by atoms with E-state index in [9.17, 15) is 14.9 Å². The molecule has 0 saturated carbocycles. The van der Waals surface area contributed by atoms with Crippen LogP contribution in [0.4, 0.5) is 5.69 Å². The molecule has 36 heavy (non-hydrogen) atoms. The fraction of sp³-hybridized carbons (Fsp3) is 0.0833. The number of thioether (sulfide) groups is 1. The second-order valence-electron chi connectivity index (χ2n) is 7.26. The first-order valence-electron chi connectivity index (χ1n) is 10.5. The number of nitro groups is 1. The zero-order valence-corrected chi connectivity index (χ0v) is 20.4. The van der Waals surface area contributed by atoms with Gasteiger partial charge in [0.25, 0.3) is 11.6 Å². The summed E-state index contributed by atoms with van der Waals surface area (Å²) in [6.07, 6.45) is 1.30. The Hall–Kier alpha value is -4.22. The van der Waals surface area contributed by atoms with Crippen molar-refractivity contribution in [2.24, 2.45) is 5.10 Å². The number of hydrogen-bond donors (Lipinski definition) is 1. The Morgan fingerprint density at radius 3 is 2.61 bits per heavy atom. The van der Waals surface area contributed by atoms with E-state index in [2.05, 4.69) is 20.7 Å². The Bertz CT molecular complexity index is 1410. The van der Waals surface area contributed by atoms with Gasteiger partial charge in [-0.1, -0.05) is 59.8 Å². The summed E-state index contributed by atoms with van der Waals surface area (Å²) in [5.41, 5.74) is 4.28. The average Bonchev–Trinajstić information content (AvgIpc) is 3.33. The number of hydrazone groups is 1. The number of nitrogens with zero attached hydrogens (tertiary/aromatic N) is 5. The van der Waals surface area contributed by atoms with E-state index in [1.807, 2.05) is 59.2 Å². The normalized spacial score (nSPS) is 10.9. The third-order valence-electron chi connectivity index (χ3n) is 4.90. The highest BCUT2D eigenvalue weighted by Crippen LogP contribution is 2.29. The summed E-state index contributed by atoms with van der Waals surface area (Å²) in [5, 5.41) is 24.1. The fourth-order valence-electron chi connectivity index (χ4n) is 3.19. The van der Waals surface area contributed by atoms with Crippen LogP contribution in [-0.4, -0.2) is 44.7 Å². The molecule has 0 unspecified atom stereocenters. The van der Waals surface area contributed by atoms with Gasteiger partial charge in [-0.2, -0.15) is 5.10 Å². The van der Waals surface area contributed by atoms with Crippen molar-refractivity contribution in [2.45, 2.75) is 5.16 Å². The second-order valence-corrected chi connectivity index (χ2v) is 8.61. The van der Waals surface area contributed by atoms with Crippen LogP contribution in [-0.2, 0) is 4.79 Å². The lowest BCUT2D eigenvalue weighted by atomic mass is 10.2. The molecule has 3 aromatic carbocycles. The molecule has 0 bridgehead atoms. The SMILES string of the molecule is COc1ccc(-n2c(SCC(=O)N/N=C\c3ccc(Cl)c([N+](=O)[O-])c3)nnc2-c2ccccc2)cc1. The lowest BCUT2D eigenvalue weighted by Crippen LogP contribution is -2.20. The highest BCUT2D eigenvalue weighted by atomic mass is 35.5. The molecule has 0 atom stereocenters. The number of carbonyl (C=O) groups is 1. The molecule has 10 nitrogen and oxygen atoms in total. The van der Waals surface area contributed by atoms with E-state index >= 15 is 0 Å². The van der Waals surface area contributed by atoms with E-state index in [4.69, 9.17) is 16.3 Å². The molecule has 0 aliphatic rings. The largest absolute Gasteiger partial charge is 0.497 e. The predicted molar refractivity (Wildman–Crippen MR) is 138 cm³/mol. The van der Waals surface area contributed by atoms with E-state index in [0.717, 1.165) is 11.3 Å². The zero-order valence-electron chi connectivity index (χ0n) is 18.9.